The lowest BCUT2D eigenvalue weighted by atomic mass is 9.74. The van der Waals surface area contributed by atoms with Crippen molar-refractivity contribution >= 4 is 11.9 Å². The topological polar surface area (TPSA) is 88.1 Å². The first kappa shape index (κ1) is 20.5. The van der Waals surface area contributed by atoms with E-state index in [1.165, 1.54) is 0 Å². The highest BCUT2D eigenvalue weighted by molar-refractivity contribution is 5.91. The van der Waals surface area contributed by atoms with Crippen LogP contribution in [0.3, 0.4) is 0 Å². The first-order chi connectivity index (χ1) is 14.3. The Morgan fingerprint density at radius 3 is 2.67 bits per heavy atom. The average Bonchev–Trinajstić information content (AvgIpc) is 3.35. The summed E-state index contributed by atoms with van der Waals surface area (Å²) in [6, 6.07) is 5.36. The van der Waals surface area contributed by atoms with Crippen molar-refractivity contribution in [3.8, 4) is 11.5 Å². The third-order valence-electron chi connectivity index (χ3n) is 6.44. The van der Waals surface area contributed by atoms with Gasteiger partial charge in [0.15, 0.2) is 11.5 Å². The third kappa shape index (κ3) is 2.99. The summed E-state index contributed by atoms with van der Waals surface area (Å²) in [6.45, 7) is 6.35. The van der Waals surface area contributed by atoms with E-state index in [9.17, 15) is 14.7 Å². The molecule has 0 N–H and O–H groups in total. The lowest BCUT2D eigenvalue weighted by molar-refractivity contribution is -0.313. The van der Waals surface area contributed by atoms with Gasteiger partial charge in [0, 0.05) is 18.4 Å². The van der Waals surface area contributed by atoms with Crippen molar-refractivity contribution in [2.24, 2.45) is 11.8 Å². The number of fused-ring (bicyclic) bond motifs is 1. The van der Waals surface area contributed by atoms with Gasteiger partial charge in [0.2, 0.25) is 5.91 Å². The van der Waals surface area contributed by atoms with Crippen LogP contribution < -0.4 is 14.6 Å². The number of hydrogen-bond acceptors (Lipinski definition) is 6. The molecular formula is C23H26NO6-. The predicted molar refractivity (Wildman–Crippen MR) is 107 cm³/mol. The number of aliphatic carboxylic acids is 1. The SMILES string of the molecule is C=C(C)C[C@@H]1N(CCc2ccc(OC)c(OC)c2)C(=O)[C@H]2[C@H](C(=O)[O-])[C@@H]3C=C[C@@]12O3. The molecule has 5 atom stereocenters. The number of rotatable bonds is 8. The van der Waals surface area contributed by atoms with Crippen LogP contribution in [-0.4, -0.2) is 55.3 Å². The van der Waals surface area contributed by atoms with Gasteiger partial charge in [-0.2, -0.15) is 0 Å². The molecule has 3 aliphatic heterocycles. The summed E-state index contributed by atoms with van der Waals surface area (Å²) in [5.41, 5.74) is 0.973. The van der Waals surface area contributed by atoms with Crippen LogP contribution in [0, 0.1) is 11.8 Å². The second kappa shape index (κ2) is 7.47. The number of hydrogen-bond donors (Lipinski definition) is 0. The number of carboxylic acid groups (broad SMARTS) is 1. The van der Waals surface area contributed by atoms with E-state index in [-0.39, 0.29) is 11.9 Å². The third-order valence-corrected chi connectivity index (χ3v) is 6.44. The molecule has 3 aliphatic rings. The standard InChI is InChI=1S/C23H27NO6/c1-13(2)11-18-23-9-7-16(30-23)19(22(26)27)20(23)21(25)24(18)10-8-14-5-6-15(28-3)17(12-14)29-4/h5-7,9,12,16,18-20H,1,8,10-11H2,2-4H3,(H,26,27)/p-1/t16-,18-,19+,20+,23+/m0/s1. The molecule has 2 saturated heterocycles. The molecular weight excluding hydrogens is 386 g/mol. The zero-order valence-electron chi connectivity index (χ0n) is 17.4. The number of nitrogens with zero attached hydrogens (tertiary/aromatic N) is 1. The summed E-state index contributed by atoms with van der Waals surface area (Å²) in [5, 5.41) is 11.8. The van der Waals surface area contributed by atoms with Crippen LogP contribution in [0.5, 0.6) is 11.5 Å². The van der Waals surface area contributed by atoms with E-state index in [1.54, 1.807) is 25.2 Å². The fourth-order valence-electron chi connectivity index (χ4n) is 5.14. The molecule has 1 aromatic carbocycles. The average molecular weight is 412 g/mol. The zero-order valence-corrected chi connectivity index (χ0v) is 17.4. The van der Waals surface area contributed by atoms with Gasteiger partial charge in [-0.25, -0.2) is 0 Å². The fourth-order valence-corrected chi connectivity index (χ4v) is 5.14. The van der Waals surface area contributed by atoms with Crippen molar-refractivity contribution in [2.75, 3.05) is 20.8 Å². The Labute approximate surface area is 175 Å². The lowest BCUT2D eigenvalue weighted by Gasteiger charge is -2.33. The number of likely N-dealkylation sites (tertiary alicyclic amines) is 1. The van der Waals surface area contributed by atoms with Crippen molar-refractivity contribution < 1.29 is 28.9 Å². The van der Waals surface area contributed by atoms with Crippen molar-refractivity contribution in [3.05, 3.63) is 48.1 Å². The number of amides is 1. The molecule has 3 heterocycles. The maximum absolute atomic E-state index is 13.4. The van der Waals surface area contributed by atoms with Gasteiger partial charge in [-0.3, -0.25) is 4.79 Å². The molecule has 1 amide bonds. The van der Waals surface area contributed by atoms with Gasteiger partial charge in [-0.15, -0.1) is 6.58 Å². The van der Waals surface area contributed by atoms with Gasteiger partial charge < -0.3 is 29.0 Å². The Hall–Kier alpha value is -2.80. The normalized spacial score (nSPS) is 31.2. The van der Waals surface area contributed by atoms with E-state index < -0.39 is 29.5 Å². The molecule has 1 aromatic rings. The zero-order chi connectivity index (χ0) is 21.6. The van der Waals surface area contributed by atoms with Gasteiger partial charge in [0.1, 0.15) is 5.60 Å². The van der Waals surface area contributed by atoms with E-state index in [0.29, 0.717) is 30.9 Å². The monoisotopic (exact) mass is 412 g/mol. The Balaban J connectivity index is 1.61. The number of carbonyl (C=O) groups is 2. The van der Waals surface area contributed by atoms with E-state index in [2.05, 4.69) is 6.58 Å². The summed E-state index contributed by atoms with van der Waals surface area (Å²) in [5.74, 6) is -1.88. The first-order valence-electron chi connectivity index (χ1n) is 10.1. The minimum absolute atomic E-state index is 0.192. The van der Waals surface area contributed by atoms with E-state index in [1.807, 2.05) is 31.2 Å². The van der Waals surface area contributed by atoms with Gasteiger partial charge in [-0.1, -0.05) is 23.8 Å². The molecule has 7 heteroatoms. The second-order valence-electron chi connectivity index (χ2n) is 8.27. The van der Waals surface area contributed by atoms with Crippen LogP contribution >= 0.6 is 0 Å². The van der Waals surface area contributed by atoms with Gasteiger partial charge in [0.25, 0.3) is 0 Å². The molecule has 160 valence electrons. The molecule has 0 aliphatic carbocycles. The minimum Gasteiger partial charge on any atom is -0.550 e. The van der Waals surface area contributed by atoms with E-state index in [0.717, 1.165) is 11.1 Å². The van der Waals surface area contributed by atoms with Crippen molar-refractivity contribution in [1.82, 2.24) is 4.90 Å². The van der Waals surface area contributed by atoms with Crippen LogP contribution in [-0.2, 0) is 20.7 Å². The Morgan fingerprint density at radius 2 is 2.03 bits per heavy atom. The van der Waals surface area contributed by atoms with E-state index >= 15 is 0 Å². The first-order valence-corrected chi connectivity index (χ1v) is 10.1. The number of ether oxygens (including phenoxy) is 3. The molecule has 0 unspecified atom stereocenters. The summed E-state index contributed by atoms with van der Waals surface area (Å²) >= 11 is 0. The Bertz CT molecular complexity index is 924. The van der Waals surface area contributed by atoms with Crippen LogP contribution in [0.1, 0.15) is 18.9 Å². The molecule has 0 aromatic heterocycles. The van der Waals surface area contributed by atoms with Gasteiger partial charge >= 0.3 is 0 Å². The Kier molecular flexibility index (Phi) is 5.10. The molecule has 0 saturated carbocycles. The summed E-state index contributed by atoms with van der Waals surface area (Å²) in [4.78, 5) is 26.9. The van der Waals surface area contributed by atoms with Crippen LogP contribution in [0.15, 0.2) is 42.5 Å². The van der Waals surface area contributed by atoms with Crippen LogP contribution in [0.4, 0.5) is 0 Å². The van der Waals surface area contributed by atoms with Crippen molar-refractivity contribution in [2.45, 2.75) is 37.5 Å². The highest BCUT2D eigenvalue weighted by Gasteiger charge is 2.69. The fraction of sp³-hybridized carbons (Fsp3) is 0.478. The number of benzene rings is 1. The van der Waals surface area contributed by atoms with Gasteiger partial charge in [0.05, 0.1) is 32.3 Å². The number of methoxy groups -OCH3 is 2. The largest absolute Gasteiger partial charge is 0.550 e. The van der Waals surface area contributed by atoms with E-state index in [4.69, 9.17) is 14.2 Å². The van der Waals surface area contributed by atoms with Crippen LogP contribution in [0.2, 0.25) is 0 Å². The second-order valence-corrected chi connectivity index (χ2v) is 8.27. The smallest absolute Gasteiger partial charge is 0.230 e. The highest BCUT2D eigenvalue weighted by Crippen LogP contribution is 2.55. The molecule has 2 bridgehead atoms. The summed E-state index contributed by atoms with van der Waals surface area (Å²) in [6.07, 6.45) is 4.16. The maximum atomic E-state index is 13.4. The molecule has 4 rings (SSSR count). The molecule has 0 radical (unpaired) electrons. The maximum Gasteiger partial charge on any atom is 0.230 e. The highest BCUT2D eigenvalue weighted by atomic mass is 16.5. The van der Waals surface area contributed by atoms with Crippen LogP contribution in [0.25, 0.3) is 0 Å². The Morgan fingerprint density at radius 1 is 1.30 bits per heavy atom. The number of carboxylic acids is 1. The lowest BCUT2D eigenvalue weighted by Crippen LogP contribution is -2.46. The van der Waals surface area contributed by atoms with Crippen molar-refractivity contribution in [1.29, 1.82) is 0 Å². The minimum atomic E-state index is -1.24. The van der Waals surface area contributed by atoms with Crippen molar-refractivity contribution in [3.63, 3.8) is 0 Å². The summed E-state index contributed by atoms with van der Waals surface area (Å²) in [7, 11) is 3.16. The predicted octanol–water partition coefficient (Wildman–Crippen LogP) is 1.11. The molecule has 2 fully saturated rings. The quantitative estimate of drug-likeness (QED) is 0.595. The molecule has 7 nitrogen and oxygen atoms in total. The molecule has 30 heavy (non-hydrogen) atoms. The number of carbonyl (C=O) groups excluding carboxylic acids is 2. The summed E-state index contributed by atoms with van der Waals surface area (Å²) < 4.78 is 16.8. The molecule has 1 spiro atoms. The van der Waals surface area contributed by atoms with Gasteiger partial charge in [-0.05, 0) is 37.5 Å².